The molecule has 0 radical (unpaired) electrons. The molecule has 1 aromatic carbocycles. The van der Waals surface area contributed by atoms with Crippen LogP contribution in [0.1, 0.15) is 30.1 Å². The zero-order valence-corrected chi connectivity index (χ0v) is 13.5. The maximum Gasteiger partial charge on any atom is 0.252 e. The molecule has 0 spiro atoms. The molecule has 1 saturated carbocycles. The first-order valence-corrected chi connectivity index (χ1v) is 7.51. The molecule has 1 aliphatic heterocycles. The summed E-state index contributed by atoms with van der Waals surface area (Å²) in [6.07, 6.45) is 1.48. The van der Waals surface area contributed by atoms with Gasteiger partial charge in [0.1, 0.15) is 5.54 Å². The summed E-state index contributed by atoms with van der Waals surface area (Å²) in [7, 11) is 0. The summed E-state index contributed by atoms with van der Waals surface area (Å²) in [5.74, 6) is -0.0928. The molecule has 0 aromatic heterocycles. The molecule has 1 aromatic rings. The van der Waals surface area contributed by atoms with Gasteiger partial charge >= 0.3 is 0 Å². The molecule has 5 nitrogen and oxygen atoms in total. The Morgan fingerprint density at radius 3 is 2.55 bits per heavy atom. The van der Waals surface area contributed by atoms with E-state index in [0.717, 1.165) is 19.4 Å². The van der Waals surface area contributed by atoms with Gasteiger partial charge in [0.05, 0.1) is 0 Å². The third-order valence-electron chi connectivity index (χ3n) is 4.20. The van der Waals surface area contributed by atoms with Crippen molar-refractivity contribution in [1.29, 1.82) is 0 Å². The first kappa shape index (κ1) is 16.8. The van der Waals surface area contributed by atoms with Gasteiger partial charge in [-0.25, -0.2) is 0 Å². The van der Waals surface area contributed by atoms with Crippen LogP contribution in [0.2, 0.25) is 0 Å². The second-order valence-electron chi connectivity index (χ2n) is 6.01. The average molecular weight is 324 g/mol. The number of carbonyl (C=O) groups excluding carboxylic acids is 2. The standard InChI is InChI=1S/C16H21N3O2.ClH/c1-12-11-19(10-9-17-12)15(21)16(7-8-16)18-14(20)13-5-3-2-4-6-13;/h2-6,12,17H,7-11H2,1H3,(H,18,20);1H/t12-;/m1./s1. The van der Waals surface area contributed by atoms with Gasteiger partial charge in [0.25, 0.3) is 5.91 Å². The molecule has 0 bridgehead atoms. The molecule has 6 heteroatoms. The van der Waals surface area contributed by atoms with E-state index >= 15 is 0 Å². The van der Waals surface area contributed by atoms with Crippen LogP contribution >= 0.6 is 12.4 Å². The van der Waals surface area contributed by atoms with Crippen LogP contribution in [-0.4, -0.2) is 47.9 Å². The van der Waals surface area contributed by atoms with E-state index in [0.29, 0.717) is 24.7 Å². The van der Waals surface area contributed by atoms with Crippen LogP contribution in [0.25, 0.3) is 0 Å². The SMILES string of the molecule is C[C@@H]1CN(C(=O)C2(NC(=O)c3ccccc3)CC2)CCN1.Cl. The predicted octanol–water partition coefficient (Wildman–Crippen LogP) is 1.19. The third-order valence-corrected chi connectivity index (χ3v) is 4.20. The van der Waals surface area contributed by atoms with Gasteiger partial charge in [-0.05, 0) is 31.9 Å². The summed E-state index contributed by atoms with van der Waals surface area (Å²) in [6, 6.07) is 9.37. The number of nitrogens with zero attached hydrogens (tertiary/aromatic N) is 1. The normalized spacial score (nSPS) is 22.4. The largest absolute Gasteiger partial charge is 0.338 e. The summed E-state index contributed by atoms with van der Waals surface area (Å²) in [5, 5.41) is 6.27. The van der Waals surface area contributed by atoms with Crippen molar-refractivity contribution < 1.29 is 9.59 Å². The highest BCUT2D eigenvalue weighted by Gasteiger charge is 2.53. The number of benzene rings is 1. The first-order chi connectivity index (χ1) is 10.1. The molecule has 2 amide bonds. The number of nitrogens with one attached hydrogen (secondary N) is 2. The monoisotopic (exact) mass is 323 g/mol. The van der Waals surface area contributed by atoms with Crippen LogP contribution in [0.3, 0.4) is 0 Å². The fraction of sp³-hybridized carbons (Fsp3) is 0.500. The van der Waals surface area contributed by atoms with E-state index in [1.807, 2.05) is 23.1 Å². The highest BCUT2D eigenvalue weighted by molar-refractivity contribution is 6.00. The molecule has 120 valence electrons. The van der Waals surface area contributed by atoms with Crippen LogP contribution in [0, 0.1) is 0 Å². The maximum atomic E-state index is 12.7. The molecule has 1 heterocycles. The Hall–Kier alpha value is -1.59. The summed E-state index contributed by atoms with van der Waals surface area (Å²) >= 11 is 0. The Labute approximate surface area is 136 Å². The Morgan fingerprint density at radius 1 is 1.27 bits per heavy atom. The number of hydrogen-bond acceptors (Lipinski definition) is 3. The van der Waals surface area contributed by atoms with Crippen LogP contribution in [-0.2, 0) is 4.79 Å². The summed E-state index contributed by atoms with van der Waals surface area (Å²) in [6.45, 7) is 4.31. The number of halogens is 1. The molecule has 1 saturated heterocycles. The minimum Gasteiger partial charge on any atom is -0.338 e. The lowest BCUT2D eigenvalue weighted by Crippen LogP contribution is -2.57. The minimum atomic E-state index is -0.663. The minimum absolute atomic E-state index is 0. The fourth-order valence-corrected chi connectivity index (χ4v) is 2.82. The Kier molecular flexibility index (Phi) is 5.08. The van der Waals surface area contributed by atoms with Gasteiger partial charge in [0, 0.05) is 31.2 Å². The van der Waals surface area contributed by atoms with Gasteiger partial charge in [-0.1, -0.05) is 18.2 Å². The number of carbonyl (C=O) groups is 2. The topological polar surface area (TPSA) is 61.4 Å². The number of hydrogen-bond donors (Lipinski definition) is 2. The van der Waals surface area contributed by atoms with Crippen molar-refractivity contribution in [3.05, 3.63) is 35.9 Å². The van der Waals surface area contributed by atoms with Crippen molar-refractivity contribution in [2.24, 2.45) is 0 Å². The van der Waals surface area contributed by atoms with Crippen LogP contribution in [0.5, 0.6) is 0 Å². The highest BCUT2D eigenvalue weighted by Crippen LogP contribution is 2.37. The molecular weight excluding hydrogens is 302 g/mol. The Bertz CT molecular complexity index is 546. The van der Waals surface area contributed by atoms with Crippen LogP contribution in [0.15, 0.2) is 30.3 Å². The smallest absolute Gasteiger partial charge is 0.252 e. The molecule has 2 N–H and O–H groups in total. The molecule has 2 aliphatic rings. The lowest BCUT2D eigenvalue weighted by Gasteiger charge is -2.34. The molecule has 2 fully saturated rings. The van der Waals surface area contributed by atoms with E-state index in [1.54, 1.807) is 12.1 Å². The summed E-state index contributed by atoms with van der Waals surface area (Å²) in [5.41, 5.74) is -0.0606. The van der Waals surface area contributed by atoms with Crippen molar-refractivity contribution in [2.75, 3.05) is 19.6 Å². The fourth-order valence-electron chi connectivity index (χ4n) is 2.82. The number of rotatable bonds is 3. The summed E-state index contributed by atoms with van der Waals surface area (Å²) in [4.78, 5) is 26.8. The van der Waals surface area contributed by atoms with Gasteiger partial charge in [-0.2, -0.15) is 0 Å². The third kappa shape index (κ3) is 3.42. The second-order valence-corrected chi connectivity index (χ2v) is 6.01. The lowest BCUT2D eigenvalue weighted by atomic mass is 10.1. The molecule has 1 aliphatic carbocycles. The number of amides is 2. The van der Waals surface area contributed by atoms with E-state index in [4.69, 9.17) is 0 Å². The molecule has 3 rings (SSSR count). The second kappa shape index (κ2) is 6.67. The van der Waals surface area contributed by atoms with Crippen molar-refractivity contribution in [2.45, 2.75) is 31.3 Å². The lowest BCUT2D eigenvalue weighted by molar-refractivity contribution is -0.135. The van der Waals surface area contributed by atoms with Gasteiger partial charge in [0.15, 0.2) is 0 Å². The quantitative estimate of drug-likeness (QED) is 0.878. The van der Waals surface area contributed by atoms with Gasteiger partial charge in [-0.3, -0.25) is 9.59 Å². The first-order valence-electron chi connectivity index (χ1n) is 7.51. The van der Waals surface area contributed by atoms with Crippen molar-refractivity contribution >= 4 is 24.2 Å². The highest BCUT2D eigenvalue weighted by atomic mass is 35.5. The molecule has 1 atom stereocenters. The zero-order chi connectivity index (χ0) is 14.9. The number of piperazine rings is 1. The average Bonchev–Trinajstić information content (AvgIpc) is 3.28. The van der Waals surface area contributed by atoms with Crippen LogP contribution in [0.4, 0.5) is 0 Å². The predicted molar refractivity (Wildman–Crippen MR) is 87.2 cm³/mol. The Morgan fingerprint density at radius 2 is 1.95 bits per heavy atom. The zero-order valence-electron chi connectivity index (χ0n) is 12.7. The molecule has 0 unspecified atom stereocenters. The van der Waals surface area contributed by atoms with Gasteiger partial charge in [-0.15, -0.1) is 12.4 Å². The van der Waals surface area contributed by atoms with Crippen molar-refractivity contribution in [3.63, 3.8) is 0 Å². The van der Waals surface area contributed by atoms with Crippen LogP contribution < -0.4 is 10.6 Å². The van der Waals surface area contributed by atoms with E-state index < -0.39 is 5.54 Å². The van der Waals surface area contributed by atoms with E-state index in [-0.39, 0.29) is 24.2 Å². The van der Waals surface area contributed by atoms with E-state index in [2.05, 4.69) is 17.6 Å². The van der Waals surface area contributed by atoms with Gasteiger partial charge in [0.2, 0.25) is 5.91 Å². The Balaban J connectivity index is 0.00000176. The van der Waals surface area contributed by atoms with E-state index in [9.17, 15) is 9.59 Å². The van der Waals surface area contributed by atoms with Crippen molar-refractivity contribution in [3.8, 4) is 0 Å². The van der Waals surface area contributed by atoms with Gasteiger partial charge < -0.3 is 15.5 Å². The molecule has 22 heavy (non-hydrogen) atoms. The maximum absolute atomic E-state index is 12.7. The summed E-state index contributed by atoms with van der Waals surface area (Å²) < 4.78 is 0. The van der Waals surface area contributed by atoms with Crippen molar-refractivity contribution in [1.82, 2.24) is 15.5 Å². The molecular formula is C16H22ClN3O2. The van der Waals surface area contributed by atoms with E-state index in [1.165, 1.54) is 0 Å².